The summed E-state index contributed by atoms with van der Waals surface area (Å²) < 4.78 is 5.45. The topological polar surface area (TPSA) is 195 Å². The molecule has 0 saturated heterocycles. The summed E-state index contributed by atoms with van der Waals surface area (Å²) in [5.74, 6) is -1.53. The number of benzene rings is 2. The van der Waals surface area contributed by atoms with Crippen molar-refractivity contribution in [2.75, 3.05) is 26.0 Å². The van der Waals surface area contributed by atoms with E-state index < -0.39 is 53.5 Å². The normalized spacial score (nSPS) is 28.4. The minimum Gasteiger partial charge on any atom is -0.507 e. The Morgan fingerprint density at radius 2 is 1.77 bits per heavy atom. The van der Waals surface area contributed by atoms with Crippen molar-refractivity contribution < 1.29 is 39.5 Å². The van der Waals surface area contributed by atoms with Gasteiger partial charge in [-0.1, -0.05) is 24.3 Å². The second kappa shape index (κ2) is 11.0. The first-order chi connectivity index (χ1) is 18.5. The molecule has 6 atom stereocenters. The largest absolute Gasteiger partial charge is 0.507 e. The van der Waals surface area contributed by atoms with Gasteiger partial charge in [0.2, 0.25) is 0 Å². The molecule has 5 unspecified atom stereocenters. The number of ether oxygens (including phenoxy) is 1. The third kappa shape index (κ3) is 4.99. The molecule has 12 nitrogen and oxygen atoms in total. The number of amides is 2. The van der Waals surface area contributed by atoms with Crippen molar-refractivity contribution in [2.45, 2.75) is 62.6 Å². The number of aliphatic hydroxyl groups is 3. The van der Waals surface area contributed by atoms with Crippen molar-refractivity contribution in [1.29, 1.82) is 0 Å². The highest BCUT2D eigenvalue weighted by Crippen LogP contribution is 2.49. The Balaban J connectivity index is 2.13. The highest BCUT2D eigenvalue weighted by Gasteiger charge is 2.76. The number of phenolic OH excluding ortho intramolecular Hbond substituents is 1. The second-order valence-corrected chi connectivity index (χ2v) is 10.7. The minimum absolute atomic E-state index is 0.130. The van der Waals surface area contributed by atoms with Crippen LogP contribution < -0.4 is 16.4 Å². The molecule has 0 aliphatic heterocycles. The van der Waals surface area contributed by atoms with Gasteiger partial charge in [0.05, 0.1) is 18.2 Å². The number of carbonyl (C=O) groups is 3. The fourth-order valence-corrected chi connectivity index (χ4v) is 5.44. The first kappa shape index (κ1) is 30.8. The van der Waals surface area contributed by atoms with E-state index >= 15 is 0 Å². The molecule has 2 amide bonds. The Kier molecular flexibility index (Phi) is 8.51. The summed E-state index contributed by atoms with van der Waals surface area (Å²) in [7, 11) is 2.90. The first-order valence-electron chi connectivity index (χ1n) is 12.7. The third-order valence-electron chi connectivity index (χ3n) is 7.90. The number of Topliss-reactive ketones (excluding diaryl/α,β-unsaturated/α-hetero) is 1. The van der Waals surface area contributed by atoms with Crippen molar-refractivity contribution in [1.82, 2.24) is 10.2 Å². The lowest BCUT2D eigenvalue weighted by Crippen LogP contribution is -2.76. The van der Waals surface area contributed by atoms with Gasteiger partial charge in [-0.15, -0.1) is 0 Å². The molecular formula is C28H38N4O8. The fourth-order valence-electron chi connectivity index (χ4n) is 5.44. The molecule has 40 heavy (non-hydrogen) atoms. The number of nitrogens with zero attached hydrogens (tertiary/aromatic N) is 1. The van der Waals surface area contributed by atoms with Crippen LogP contribution in [-0.4, -0.2) is 98.7 Å². The van der Waals surface area contributed by atoms with Crippen LogP contribution >= 0.6 is 0 Å². The average molecular weight is 559 g/mol. The zero-order valence-electron chi connectivity index (χ0n) is 23.4. The van der Waals surface area contributed by atoms with Gasteiger partial charge in [0.15, 0.2) is 11.4 Å². The molecule has 3 rings (SSSR count). The van der Waals surface area contributed by atoms with Crippen LogP contribution in [0.2, 0.25) is 0 Å². The van der Waals surface area contributed by atoms with E-state index in [0.717, 1.165) is 0 Å². The number of rotatable bonds is 8. The molecule has 8 N–H and O–H groups in total. The van der Waals surface area contributed by atoms with Gasteiger partial charge in [0.1, 0.15) is 29.1 Å². The number of urea groups is 1. The fraction of sp³-hybridized carbons (Fsp3) is 0.464. The number of aryl methyl sites for hydroxylation is 1. The molecule has 12 heteroatoms. The van der Waals surface area contributed by atoms with E-state index in [2.05, 4.69) is 10.6 Å². The summed E-state index contributed by atoms with van der Waals surface area (Å²) in [6.07, 6.45) is -1.51. The third-order valence-corrected chi connectivity index (χ3v) is 7.90. The molecule has 2 aromatic rings. The lowest BCUT2D eigenvalue weighted by molar-refractivity contribution is -0.186. The van der Waals surface area contributed by atoms with Gasteiger partial charge in [-0.05, 0) is 51.5 Å². The van der Waals surface area contributed by atoms with Crippen LogP contribution in [0.15, 0.2) is 42.5 Å². The molecule has 218 valence electrons. The maximum atomic E-state index is 13.0. The molecule has 1 aliphatic rings. The molecule has 0 radical (unpaired) electrons. The van der Waals surface area contributed by atoms with Gasteiger partial charge in [-0.3, -0.25) is 4.79 Å². The Hall–Kier alpha value is -3.71. The van der Waals surface area contributed by atoms with Crippen LogP contribution in [0.4, 0.5) is 10.5 Å². The standard InChI is InChI=1S/C28H38N4O8/c1-15-9-7-12-20(35)21(15)24(36)40-14-27(39)23(30-19-11-8-10-18(13-19)16(2)33)22(29)28(17(3)34,26(27,4)38)31-25(37)32(5)6/h7-13,17,22-23,30,34-35,38-39H,14,29H2,1-6H3,(H,31,37)/t17-,22?,23?,26?,27?,28?/m0/s1. The highest BCUT2D eigenvalue weighted by molar-refractivity contribution is 5.95. The van der Waals surface area contributed by atoms with Gasteiger partial charge < -0.3 is 46.4 Å². The maximum Gasteiger partial charge on any atom is 0.342 e. The zero-order chi connectivity index (χ0) is 30.2. The number of aromatic hydroxyl groups is 1. The van der Waals surface area contributed by atoms with E-state index in [1.165, 1.54) is 51.9 Å². The molecular weight excluding hydrogens is 520 g/mol. The van der Waals surface area contributed by atoms with Gasteiger partial charge in [-0.25, -0.2) is 9.59 Å². The van der Waals surface area contributed by atoms with E-state index in [-0.39, 0.29) is 17.1 Å². The monoisotopic (exact) mass is 558 g/mol. The molecule has 1 fully saturated rings. The second-order valence-electron chi connectivity index (χ2n) is 10.7. The molecule has 1 aliphatic carbocycles. The lowest BCUT2D eigenvalue weighted by Gasteiger charge is -2.48. The minimum atomic E-state index is -2.43. The summed E-state index contributed by atoms with van der Waals surface area (Å²) in [4.78, 5) is 39.0. The predicted octanol–water partition coefficient (Wildman–Crippen LogP) is 0.755. The first-order valence-corrected chi connectivity index (χ1v) is 12.7. The number of esters is 1. The SMILES string of the molecule is CC(=O)c1cccc(NC2C(N)C(NC(=O)N(C)C)([C@H](C)O)C(C)(O)C2(O)COC(=O)c2c(C)cccc2O)c1. The van der Waals surface area contributed by atoms with Crippen molar-refractivity contribution in [3.8, 4) is 5.75 Å². The van der Waals surface area contributed by atoms with E-state index in [9.17, 15) is 34.8 Å². The quantitative estimate of drug-likeness (QED) is 0.179. The summed E-state index contributed by atoms with van der Waals surface area (Å²) in [6, 6.07) is 7.34. The number of nitrogens with one attached hydrogen (secondary N) is 2. The maximum absolute atomic E-state index is 13.0. The van der Waals surface area contributed by atoms with E-state index in [1.54, 1.807) is 37.3 Å². The van der Waals surface area contributed by atoms with Crippen molar-refractivity contribution in [2.24, 2.45) is 5.73 Å². The average Bonchev–Trinajstić information content (AvgIpc) is 2.99. The van der Waals surface area contributed by atoms with Crippen molar-refractivity contribution in [3.05, 3.63) is 59.2 Å². The van der Waals surface area contributed by atoms with Crippen LogP contribution in [0.3, 0.4) is 0 Å². The van der Waals surface area contributed by atoms with Crippen LogP contribution in [0, 0.1) is 6.92 Å². The van der Waals surface area contributed by atoms with Crippen LogP contribution in [-0.2, 0) is 4.74 Å². The van der Waals surface area contributed by atoms with Crippen molar-refractivity contribution in [3.63, 3.8) is 0 Å². The van der Waals surface area contributed by atoms with Gasteiger partial charge in [0, 0.05) is 25.3 Å². The number of ketones is 1. The van der Waals surface area contributed by atoms with E-state index in [4.69, 9.17) is 10.5 Å². The summed E-state index contributed by atoms with van der Waals surface area (Å²) in [6.45, 7) is 4.62. The van der Waals surface area contributed by atoms with Gasteiger partial charge in [-0.2, -0.15) is 0 Å². The number of hydrogen-bond donors (Lipinski definition) is 7. The molecule has 0 heterocycles. The predicted molar refractivity (Wildman–Crippen MR) is 147 cm³/mol. The Labute approximate surface area is 232 Å². The number of nitrogens with two attached hydrogens (primary N) is 1. The highest BCUT2D eigenvalue weighted by atomic mass is 16.5. The number of carbonyl (C=O) groups excluding carboxylic acids is 3. The number of hydrogen-bond acceptors (Lipinski definition) is 10. The molecule has 0 aromatic heterocycles. The number of anilines is 1. The molecule has 1 saturated carbocycles. The van der Waals surface area contributed by atoms with E-state index in [1.807, 2.05) is 0 Å². The van der Waals surface area contributed by atoms with Gasteiger partial charge >= 0.3 is 12.0 Å². The van der Waals surface area contributed by atoms with Gasteiger partial charge in [0.25, 0.3) is 0 Å². The molecule has 0 bridgehead atoms. The number of phenols is 1. The summed E-state index contributed by atoms with van der Waals surface area (Å²) >= 11 is 0. The van der Waals surface area contributed by atoms with Crippen LogP contribution in [0.25, 0.3) is 0 Å². The Morgan fingerprint density at radius 1 is 1.15 bits per heavy atom. The lowest BCUT2D eigenvalue weighted by atomic mass is 9.73. The molecule has 2 aromatic carbocycles. The Morgan fingerprint density at radius 3 is 2.33 bits per heavy atom. The van der Waals surface area contributed by atoms with Crippen LogP contribution in [0.1, 0.15) is 47.1 Å². The summed E-state index contributed by atoms with van der Waals surface area (Å²) in [5, 5.41) is 51.1. The van der Waals surface area contributed by atoms with Crippen molar-refractivity contribution >= 4 is 23.5 Å². The zero-order valence-corrected chi connectivity index (χ0v) is 23.4. The summed E-state index contributed by atoms with van der Waals surface area (Å²) in [5.41, 5.74) is 0.728. The van der Waals surface area contributed by atoms with E-state index in [0.29, 0.717) is 16.8 Å². The Bertz CT molecular complexity index is 1280. The molecule has 0 spiro atoms. The van der Waals surface area contributed by atoms with Crippen LogP contribution in [0.5, 0.6) is 5.75 Å². The number of aliphatic hydroxyl groups excluding tert-OH is 1. The smallest absolute Gasteiger partial charge is 0.342 e.